The molecule has 3 atom stereocenters. The number of hydrogen-bond donors (Lipinski definition) is 2. The monoisotopic (exact) mass is 370 g/mol. The van der Waals surface area contributed by atoms with Crippen molar-refractivity contribution in [2.24, 2.45) is 0 Å². The second kappa shape index (κ2) is 8.56. The number of aliphatic hydroxyl groups is 1. The molecule has 1 aliphatic rings. The van der Waals surface area contributed by atoms with E-state index < -0.39 is 11.6 Å². The van der Waals surface area contributed by atoms with Crippen molar-refractivity contribution < 1.29 is 14.6 Å². The first-order valence-electron chi connectivity index (χ1n) is 9.05. The molecule has 1 saturated heterocycles. The van der Waals surface area contributed by atoms with E-state index in [2.05, 4.69) is 20.2 Å². The first-order chi connectivity index (χ1) is 13.0. The van der Waals surface area contributed by atoms with Gasteiger partial charge in [-0.2, -0.15) is 0 Å². The zero-order valence-corrected chi connectivity index (χ0v) is 15.7. The molecule has 2 aromatic rings. The van der Waals surface area contributed by atoms with E-state index in [0.717, 1.165) is 11.1 Å². The Morgan fingerprint density at radius 1 is 1.33 bits per heavy atom. The predicted octanol–water partition coefficient (Wildman–Crippen LogP) is 1.31. The van der Waals surface area contributed by atoms with Crippen molar-refractivity contribution >= 4 is 5.91 Å². The number of likely N-dealkylation sites (tertiary alicyclic amines) is 1. The Morgan fingerprint density at radius 3 is 2.70 bits per heavy atom. The second-order valence-electron chi connectivity index (χ2n) is 7.16. The summed E-state index contributed by atoms with van der Waals surface area (Å²) in [6, 6.07) is 9.29. The Morgan fingerprint density at radius 2 is 2.04 bits per heavy atom. The maximum atomic E-state index is 12.3. The van der Waals surface area contributed by atoms with E-state index in [1.54, 1.807) is 19.3 Å². The molecule has 1 aromatic heterocycles. The second-order valence-corrected chi connectivity index (χ2v) is 7.16. The number of nitrogens with zero attached hydrogens (tertiary/aromatic N) is 3. The van der Waals surface area contributed by atoms with Crippen LogP contribution in [0.4, 0.5) is 0 Å². The molecule has 1 aliphatic heterocycles. The van der Waals surface area contributed by atoms with Crippen LogP contribution in [-0.2, 0) is 16.1 Å². The fourth-order valence-corrected chi connectivity index (χ4v) is 3.67. The van der Waals surface area contributed by atoms with E-state index in [9.17, 15) is 9.90 Å². The predicted molar refractivity (Wildman–Crippen MR) is 101 cm³/mol. The van der Waals surface area contributed by atoms with Crippen molar-refractivity contribution in [1.82, 2.24) is 20.2 Å². The van der Waals surface area contributed by atoms with Crippen LogP contribution in [0.2, 0.25) is 0 Å². The molecule has 0 unspecified atom stereocenters. The number of aromatic nitrogens is 2. The molecule has 0 bridgehead atoms. The van der Waals surface area contributed by atoms with E-state index in [1.165, 1.54) is 13.4 Å². The van der Waals surface area contributed by atoms with E-state index in [-0.39, 0.29) is 18.6 Å². The maximum absolute atomic E-state index is 12.3. The number of carbonyl (C=O) groups excluding carboxylic acids is 1. The summed E-state index contributed by atoms with van der Waals surface area (Å²) in [7, 11) is 1.48. The molecule has 7 nitrogen and oxygen atoms in total. The zero-order chi connectivity index (χ0) is 19.3. The Labute approximate surface area is 159 Å². The van der Waals surface area contributed by atoms with Crippen LogP contribution in [0, 0.1) is 0 Å². The van der Waals surface area contributed by atoms with Crippen LogP contribution >= 0.6 is 0 Å². The molecule has 27 heavy (non-hydrogen) atoms. The van der Waals surface area contributed by atoms with Crippen LogP contribution in [-0.4, -0.2) is 57.8 Å². The molecular weight excluding hydrogens is 344 g/mol. The molecule has 1 amide bonds. The number of methoxy groups -OCH3 is 1. The minimum Gasteiger partial charge on any atom is -0.388 e. The maximum Gasteiger partial charge on any atom is 0.246 e. The van der Waals surface area contributed by atoms with Gasteiger partial charge in [0.2, 0.25) is 5.91 Å². The van der Waals surface area contributed by atoms with Crippen molar-refractivity contribution in [1.29, 1.82) is 0 Å². The van der Waals surface area contributed by atoms with Crippen molar-refractivity contribution in [2.75, 3.05) is 20.3 Å². The molecule has 144 valence electrons. The number of benzene rings is 1. The highest BCUT2D eigenvalue weighted by molar-refractivity contribution is 5.77. The van der Waals surface area contributed by atoms with E-state index in [1.807, 2.05) is 30.3 Å². The van der Waals surface area contributed by atoms with Crippen LogP contribution < -0.4 is 5.32 Å². The molecule has 0 saturated carbocycles. The number of amides is 1. The van der Waals surface area contributed by atoms with Crippen molar-refractivity contribution in [3.63, 3.8) is 0 Å². The van der Waals surface area contributed by atoms with Gasteiger partial charge in [0, 0.05) is 38.2 Å². The summed E-state index contributed by atoms with van der Waals surface area (Å²) in [5, 5.41) is 14.0. The normalized spacial score (nSPS) is 25.9. The lowest BCUT2D eigenvalue weighted by atomic mass is 9.79. The van der Waals surface area contributed by atoms with Crippen molar-refractivity contribution in [3.05, 3.63) is 60.2 Å². The summed E-state index contributed by atoms with van der Waals surface area (Å²) in [5.74, 6) is -0.242. The lowest BCUT2D eigenvalue weighted by Gasteiger charge is -2.49. The number of nitrogens with one attached hydrogen (secondary N) is 1. The Balaban J connectivity index is 1.94. The van der Waals surface area contributed by atoms with Gasteiger partial charge in [-0.15, -0.1) is 0 Å². The van der Waals surface area contributed by atoms with E-state index in [4.69, 9.17) is 4.74 Å². The van der Waals surface area contributed by atoms with Gasteiger partial charge < -0.3 is 15.2 Å². The molecule has 7 heteroatoms. The lowest BCUT2D eigenvalue weighted by molar-refractivity contribution is -0.132. The number of rotatable bonds is 6. The average Bonchev–Trinajstić information content (AvgIpc) is 2.66. The van der Waals surface area contributed by atoms with Crippen LogP contribution in [0.3, 0.4) is 0 Å². The highest BCUT2D eigenvalue weighted by atomic mass is 16.5. The molecule has 0 radical (unpaired) electrons. The SMILES string of the molecule is COCC(=O)N[C@H]1[C@H](c2ccccc2)N(Cc2cncnc2)CC[C@@]1(C)O. The van der Waals surface area contributed by atoms with Gasteiger partial charge in [0.25, 0.3) is 0 Å². The fourth-order valence-electron chi connectivity index (χ4n) is 3.67. The van der Waals surface area contributed by atoms with Crippen LogP contribution in [0.1, 0.15) is 30.5 Å². The highest BCUT2D eigenvalue weighted by Crippen LogP contribution is 2.37. The van der Waals surface area contributed by atoms with Gasteiger partial charge in [-0.25, -0.2) is 9.97 Å². The Hall–Kier alpha value is -2.35. The Bertz CT molecular complexity index is 739. The highest BCUT2D eigenvalue weighted by Gasteiger charge is 2.46. The van der Waals surface area contributed by atoms with Gasteiger partial charge in [-0.05, 0) is 18.9 Å². The van der Waals surface area contributed by atoms with Gasteiger partial charge in [0.15, 0.2) is 0 Å². The topological polar surface area (TPSA) is 87.6 Å². The van der Waals surface area contributed by atoms with E-state index in [0.29, 0.717) is 19.5 Å². The summed E-state index contributed by atoms with van der Waals surface area (Å²) < 4.78 is 4.95. The summed E-state index contributed by atoms with van der Waals surface area (Å²) >= 11 is 0. The summed E-state index contributed by atoms with van der Waals surface area (Å²) in [6.45, 7) is 3.06. The summed E-state index contributed by atoms with van der Waals surface area (Å²) in [6.07, 6.45) is 5.63. The third kappa shape index (κ3) is 4.68. The molecule has 2 heterocycles. The van der Waals surface area contributed by atoms with Crippen LogP contribution in [0.5, 0.6) is 0 Å². The van der Waals surface area contributed by atoms with Crippen molar-refractivity contribution in [3.8, 4) is 0 Å². The van der Waals surface area contributed by atoms with Gasteiger partial charge >= 0.3 is 0 Å². The minimum absolute atomic E-state index is 0.0411. The Kier molecular flexibility index (Phi) is 6.15. The zero-order valence-electron chi connectivity index (χ0n) is 15.7. The largest absolute Gasteiger partial charge is 0.388 e. The lowest BCUT2D eigenvalue weighted by Crippen LogP contribution is -2.62. The standard InChI is InChI=1S/C20H26N4O3/c1-20(26)8-9-24(12-15-10-21-14-22-11-15)18(16-6-4-3-5-7-16)19(20)23-17(25)13-27-2/h3-7,10-11,14,18-19,26H,8-9,12-13H2,1-2H3,(H,23,25)/t18-,19-,20+/m0/s1. The summed E-state index contributed by atoms with van der Waals surface area (Å²) in [4.78, 5) is 22.7. The minimum atomic E-state index is -1.03. The first kappa shape index (κ1) is 19.4. The molecule has 1 aromatic carbocycles. The van der Waals surface area contributed by atoms with Crippen molar-refractivity contribution in [2.45, 2.75) is 37.6 Å². The number of hydrogen-bond acceptors (Lipinski definition) is 6. The third-order valence-corrected chi connectivity index (χ3v) is 5.02. The fraction of sp³-hybridized carbons (Fsp3) is 0.450. The molecule has 0 aliphatic carbocycles. The first-order valence-corrected chi connectivity index (χ1v) is 9.05. The molecule has 3 rings (SSSR count). The molecular formula is C20H26N4O3. The van der Waals surface area contributed by atoms with Gasteiger partial charge in [0.1, 0.15) is 12.9 Å². The summed E-state index contributed by atoms with van der Waals surface area (Å²) in [5.41, 5.74) is 0.993. The third-order valence-electron chi connectivity index (χ3n) is 5.02. The average molecular weight is 370 g/mol. The number of carbonyl (C=O) groups is 1. The van der Waals surface area contributed by atoms with Crippen LogP contribution in [0.15, 0.2) is 49.1 Å². The number of ether oxygens (including phenoxy) is 1. The van der Waals surface area contributed by atoms with Gasteiger partial charge in [-0.1, -0.05) is 30.3 Å². The van der Waals surface area contributed by atoms with E-state index >= 15 is 0 Å². The quantitative estimate of drug-likeness (QED) is 0.797. The molecule has 1 fully saturated rings. The van der Waals surface area contributed by atoms with Gasteiger partial charge in [-0.3, -0.25) is 9.69 Å². The smallest absolute Gasteiger partial charge is 0.246 e. The molecule has 0 spiro atoms. The number of piperidine rings is 1. The van der Waals surface area contributed by atoms with Gasteiger partial charge in [0.05, 0.1) is 17.7 Å². The molecule has 2 N–H and O–H groups in total. The van der Waals surface area contributed by atoms with Crippen LogP contribution in [0.25, 0.3) is 0 Å².